The van der Waals surface area contributed by atoms with Gasteiger partial charge in [-0.25, -0.2) is 4.79 Å². The van der Waals surface area contributed by atoms with Gasteiger partial charge in [0.05, 0.1) is 0 Å². The smallest absolute Gasteiger partial charge is 0.321 e. The first-order chi connectivity index (χ1) is 11.7. The van der Waals surface area contributed by atoms with Crippen LogP contribution in [0.25, 0.3) is 0 Å². The van der Waals surface area contributed by atoms with Crippen molar-refractivity contribution in [2.45, 2.75) is 38.1 Å². The molecule has 2 amide bonds. The number of hydrogen-bond donors (Lipinski definition) is 1. The maximum Gasteiger partial charge on any atom is 0.321 e. The van der Waals surface area contributed by atoms with Gasteiger partial charge in [0, 0.05) is 24.8 Å². The van der Waals surface area contributed by atoms with Gasteiger partial charge in [0.25, 0.3) is 0 Å². The molecule has 130 valence electrons. The van der Waals surface area contributed by atoms with Gasteiger partial charge in [0.1, 0.15) is 0 Å². The van der Waals surface area contributed by atoms with E-state index in [1.807, 2.05) is 29.2 Å². The van der Waals surface area contributed by atoms with Crippen molar-refractivity contribution in [1.82, 2.24) is 9.80 Å². The highest BCUT2D eigenvalue weighted by atomic mass is 16.2. The van der Waals surface area contributed by atoms with Gasteiger partial charge in [-0.2, -0.15) is 0 Å². The van der Waals surface area contributed by atoms with Crippen LogP contribution in [0.15, 0.2) is 36.9 Å². The molecule has 0 bridgehead atoms. The van der Waals surface area contributed by atoms with Crippen molar-refractivity contribution in [2.24, 2.45) is 5.92 Å². The van der Waals surface area contributed by atoms with Crippen molar-refractivity contribution in [1.29, 1.82) is 0 Å². The molecular formula is C20H29N3O. The molecular weight excluding hydrogens is 298 g/mol. The van der Waals surface area contributed by atoms with Gasteiger partial charge in [0.15, 0.2) is 0 Å². The second-order valence-corrected chi connectivity index (χ2v) is 7.10. The number of rotatable bonds is 4. The molecule has 3 rings (SSSR count). The minimum Gasteiger partial charge on any atom is -0.324 e. The SMILES string of the molecule is C=CCCc1ccccc1NC(=O)N1CC[C@H]2[C@@H](CCCN2C)C1. The molecule has 0 aromatic heterocycles. The fourth-order valence-corrected chi connectivity index (χ4v) is 4.15. The Morgan fingerprint density at radius 1 is 1.33 bits per heavy atom. The van der Waals surface area contributed by atoms with E-state index in [1.165, 1.54) is 24.9 Å². The summed E-state index contributed by atoms with van der Waals surface area (Å²) in [6, 6.07) is 8.79. The fourth-order valence-electron chi connectivity index (χ4n) is 4.15. The lowest BCUT2D eigenvalue weighted by Crippen LogP contribution is -2.54. The lowest BCUT2D eigenvalue weighted by atomic mass is 9.84. The van der Waals surface area contributed by atoms with Crippen LogP contribution < -0.4 is 5.32 Å². The van der Waals surface area contributed by atoms with Gasteiger partial charge in [-0.1, -0.05) is 24.3 Å². The number of anilines is 1. The second-order valence-electron chi connectivity index (χ2n) is 7.10. The van der Waals surface area contributed by atoms with Crippen LogP contribution in [-0.2, 0) is 6.42 Å². The Morgan fingerprint density at radius 3 is 3.00 bits per heavy atom. The molecule has 2 aliphatic rings. The van der Waals surface area contributed by atoms with Crippen LogP contribution in [0.3, 0.4) is 0 Å². The Kier molecular flexibility index (Phi) is 5.56. The number of para-hydroxylation sites is 1. The van der Waals surface area contributed by atoms with Crippen LogP contribution in [-0.4, -0.2) is 48.6 Å². The molecule has 2 aliphatic heterocycles. The summed E-state index contributed by atoms with van der Waals surface area (Å²) < 4.78 is 0. The van der Waals surface area contributed by atoms with Crippen molar-refractivity contribution in [3.63, 3.8) is 0 Å². The second kappa shape index (κ2) is 7.84. The van der Waals surface area contributed by atoms with Crippen LogP contribution in [0.2, 0.25) is 0 Å². The fraction of sp³-hybridized carbons (Fsp3) is 0.550. The van der Waals surface area contributed by atoms with E-state index < -0.39 is 0 Å². The zero-order valence-corrected chi connectivity index (χ0v) is 14.7. The van der Waals surface area contributed by atoms with E-state index >= 15 is 0 Å². The van der Waals surface area contributed by atoms with E-state index in [9.17, 15) is 4.79 Å². The Morgan fingerprint density at radius 2 is 2.17 bits per heavy atom. The topological polar surface area (TPSA) is 35.6 Å². The molecule has 0 saturated carbocycles. The zero-order chi connectivity index (χ0) is 16.9. The van der Waals surface area contributed by atoms with Crippen molar-refractivity contribution in [3.8, 4) is 0 Å². The first-order valence-electron chi connectivity index (χ1n) is 9.14. The number of fused-ring (bicyclic) bond motifs is 1. The number of benzene rings is 1. The first kappa shape index (κ1) is 17.0. The number of nitrogens with one attached hydrogen (secondary N) is 1. The standard InChI is InChI=1S/C20H29N3O/c1-3-4-8-16-9-5-6-11-18(16)21-20(24)23-14-12-19-17(15-23)10-7-13-22(19)2/h3,5-6,9,11,17,19H,1,4,7-8,10,12-15H2,2H3,(H,21,24)/t17-,19-/m0/s1. The molecule has 1 N–H and O–H groups in total. The van der Waals surface area contributed by atoms with Gasteiger partial charge < -0.3 is 15.1 Å². The van der Waals surface area contributed by atoms with E-state index in [0.29, 0.717) is 12.0 Å². The van der Waals surface area contributed by atoms with Crippen molar-refractivity contribution >= 4 is 11.7 Å². The van der Waals surface area contributed by atoms with Crippen LogP contribution in [0.4, 0.5) is 10.5 Å². The van der Waals surface area contributed by atoms with Crippen LogP contribution >= 0.6 is 0 Å². The number of allylic oxidation sites excluding steroid dienone is 1. The Bertz CT molecular complexity index is 586. The van der Waals surface area contributed by atoms with Gasteiger partial charge >= 0.3 is 6.03 Å². The van der Waals surface area contributed by atoms with Crippen LogP contribution in [0.5, 0.6) is 0 Å². The molecule has 0 spiro atoms. The summed E-state index contributed by atoms with van der Waals surface area (Å²) in [6.07, 6.45) is 7.34. The molecule has 0 unspecified atom stereocenters. The van der Waals surface area contributed by atoms with E-state index in [4.69, 9.17) is 0 Å². The van der Waals surface area contributed by atoms with Crippen molar-refractivity contribution < 1.29 is 4.79 Å². The zero-order valence-electron chi connectivity index (χ0n) is 14.7. The third-order valence-electron chi connectivity index (χ3n) is 5.51. The van der Waals surface area contributed by atoms with E-state index in [0.717, 1.165) is 38.0 Å². The lowest BCUT2D eigenvalue weighted by molar-refractivity contribution is 0.0542. The molecule has 2 atom stereocenters. The average molecular weight is 327 g/mol. The van der Waals surface area contributed by atoms with E-state index in [1.54, 1.807) is 0 Å². The summed E-state index contributed by atoms with van der Waals surface area (Å²) in [5.41, 5.74) is 2.12. The molecule has 4 heteroatoms. The van der Waals surface area contributed by atoms with Crippen molar-refractivity contribution in [2.75, 3.05) is 32.0 Å². The molecule has 0 aliphatic carbocycles. The Hall–Kier alpha value is -1.81. The van der Waals surface area contributed by atoms with E-state index in [2.05, 4.69) is 29.9 Å². The highest BCUT2D eigenvalue weighted by Gasteiger charge is 2.35. The number of likely N-dealkylation sites (tertiary alicyclic amines) is 2. The Balaban J connectivity index is 1.62. The molecule has 2 fully saturated rings. The minimum absolute atomic E-state index is 0.0488. The number of carbonyl (C=O) groups is 1. The molecule has 2 heterocycles. The largest absolute Gasteiger partial charge is 0.324 e. The van der Waals surface area contributed by atoms with Gasteiger partial charge in [-0.15, -0.1) is 6.58 Å². The van der Waals surface area contributed by atoms with Crippen molar-refractivity contribution in [3.05, 3.63) is 42.5 Å². The summed E-state index contributed by atoms with van der Waals surface area (Å²) in [7, 11) is 2.22. The third-order valence-corrected chi connectivity index (χ3v) is 5.51. The number of hydrogen-bond acceptors (Lipinski definition) is 2. The number of aryl methyl sites for hydroxylation is 1. The summed E-state index contributed by atoms with van der Waals surface area (Å²) in [5.74, 6) is 0.624. The number of urea groups is 1. The summed E-state index contributed by atoms with van der Waals surface area (Å²) in [4.78, 5) is 17.2. The maximum atomic E-state index is 12.7. The monoisotopic (exact) mass is 327 g/mol. The van der Waals surface area contributed by atoms with Crippen LogP contribution in [0, 0.1) is 5.92 Å². The van der Waals surface area contributed by atoms with Gasteiger partial charge in [-0.3, -0.25) is 0 Å². The Labute approximate surface area is 145 Å². The summed E-state index contributed by atoms with van der Waals surface area (Å²) >= 11 is 0. The number of piperidine rings is 2. The highest BCUT2D eigenvalue weighted by molar-refractivity contribution is 5.90. The quantitative estimate of drug-likeness (QED) is 0.855. The molecule has 1 aromatic rings. The third kappa shape index (κ3) is 3.81. The van der Waals surface area contributed by atoms with E-state index in [-0.39, 0.29) is 6.03 Å². The number of carbonyl (C=O) groups excluding carboxylic acids is 1. The molecule has 2 saturated heterocycles. The normalized spacial score (nSPS) is 24.3. The molecule has 0 radical (unpaired) electrons. The summed E-state index contributed by atoms with van der Waals surface area (Å²) in [5, 5.41) is 3.13. The predicted molar refractivity (Wildman–Crippen MR) is 99.3 cm³/mol. The predicted octanol–water partition coefficient (Wildman–Crippen LogP) is 3.75. The average Bonchev–Trinajstić information content (AvgIpc) is 2.61. The lowest BCUT2D eigenvalue weighted by Gasteiger charge is -2.45. The van der Waals surface area contributed by atoms with Gasteiger partial charge in [-0.05, 0) is 63.2 Å². The highest BCUT2D eigenvalue weighted by Crippen LogP contribution is 2.30. The summed E-state index contributed by atoms with van der Waals surface area (Å²) in [6.45, 7) is 6.72. The maximum absolute atomic E-state index is 12.7. The minimum atomic E-state index is 0.0488. The van der Waals surface area contributed by atoms with Gasteiger partial charge in [0.2, 0.25) is 0 Å². The molecule has 4 nitrogen and oxygen atoms in total. The van der Waals surface area contributed by atoms with Crippen LogP contribution in [0.1, 0.15) is 31.2 Å². The first-order valence-corrected chi connectivity index (χ1v) is 9.14. The number of amides is 2. The molecule has 1 aromatic carbocycles. The number of nitrogens with zero attached hydrogens (tertiary/aromatic N) is 2. The molecule has 24 heavy (non-hydrogen) atoms.